The van der Waals surface area contributed by atoms with Gasteiger partial charge in [0.25, 0.3) is 15.1 Å². The zero-order valence-corrected chi connectivity index (χ0v) is 25.9. The molecule has 1 atom stereocenters. The molecular weight excluding hydrogens is 621 g/mol. The Labute approximate surface area is 261 Å². The van der Waals surface area contributed by atoms with Crippen LogP contribution in [0, 0.1) is 0 Å². The van der Waals surface area contributed by atoms with Crippen LogP contribution in [0.25, 0.3) is 38.5 Å². The van der Waals surface area contributed by atoms with Crippen molar-refractivity contribution in [2.24, 2.45) is 0 Å². The summed E-state index contributed by atoms with van der Waals surface area (Å²) < 4.78 is 67.2. The van der Waals surface area contributed by atoms with E-state index < -0.39 is 21.5 Å². The van der Waals surface area contributed by atoms with E-state index in [0.29, 0.717) is 18.2 Å². The van der Waals surface area contributed by atoms with Crippen molar-refractivity contribution in [2.75, 3.05) is 23.8 Å². The second kappa shape index (κ2) is 13.0. The predicted octanol–water partition coefficient (Wildman–Crippen LogP) is 6.15. The van der Waals surface area contributed by atoms with E-state index in [0.717, 1.165) is 43.2 Å². The van der Waals surface area contributed by atoms with E-state index in [2.05, 4.69) is 12.1 Å². The van der Waals surface area contributed by atoms with Crippen LogP contribution in [0.4, 0.5) is 5.69 Å². The van der Waals surface area contributed by atoms with Crippen LogP contribution in [-0.2, 0) is 32.2 Å². The van der Waals surface area contributed by atoms with Gasteiger partial charge in [0.15, 0.2) is 12.3 Å². The molecule has 44 heavy (non-hydrogen) atoms. The predicted molar refractivity (Wildman–Crippen MR) is 173 cm³/mol. The van der Waals surface area contributed by atoms with Gasteiger partial charge >= 0.3 is 11.4 Å². The van der Waals surface area contributed by atoms with Gasteiger partial charge in [0, 0.05) is 12.6 Å². The summed E-state index contributed by atoms with van der Waals surface area (Å²) in [7, 11) is -4.14. The molecule has 1 aromatic heterocycles. The maximum Gasteiger partial charge on any atom is 0.302 e. The summed E-state index contributed by atoms with van der Waals surface area (Å²) in [5.74, 6) is 0.738. The van der Waals surface area contributed by atoms with Crippen LogP contribution in [0.15, 0.2) is 103 Å². The van der Waals surface area contributed by atoms with Crippen molar-refractivity contribution >= 4 is 54.8 Å². The number of aromatic nitrogens is 1. The normalized spacial score (nSPS) is 14.6. The Kier molecular flexibility index (Phi) is 8.89. The first kappa shape index (κ1) is 30.1. The molecule has 0 fully saturated rings. The summed E-state index contributed by atoms with van der Waals surface area (Å²) >= 11 is -0.863. The van der Waals surface area contributed by atoms with Crippen LogP contribution in [0.1, 0.15) is 11.4 Å². The van der Waals surface area contributed by atoms with Gasteiger partial charge in [-0.25, -0.2) is 0 Å². The number of fused-ring (bicyclic) bond motifs is 2. The lowest BCUT2D eigenvalue weighted by Gasteiger charge is -2.18. The van der Waals surface area contributed by atoms with E-state index in [1.807, 2.05) is 100 Å². The van der Waals surface area contributed by atoms with Gasteiger partial charge in [-0.3, -0.25) is 13.3 Å². The minimum atomic E-state index is -4.14. The average molecular weight is 650 g/mol. The van der Waals surface area contributed by atoms with Gasteiger partial charge in [-0.1, -0.05) is 84.1 Å². The number of hydrogen-bond acceptors (Lipinski definition) is 7. The molecule has 2 N–H and O–H groups in total. The summed E-state index contributed by atoms with van der Waals surface area (Å²) in [6.07, 6.45) is 2.07. The van der Waals surface area contributed by atoms with Crippen molar-refractivity contribution in [1.29, 1.82) is 0 Å². The molecule has 0 saturated carbocycles. The number of benzene rings is 4. The molecule has 2 heterocycles. The maximum atomic E-state index is 11.5. The standard InChI is InChI=1S/C32H28N2O7S3/c35-43(36)40-18-17-34-28-21-26(24-10-5-2-6-11-24)13-15-30(28)42-32(34)22-31-33(16-7-19-44(37,38)39)27-20-25(12-14-29(27)41-31)23-8-3-1-4-9-23/h1-6,8-15,20-22H,7,16-19H2,(H-,35,36,37,38,39)/p+1. The van der Waals surface area contributed by atoms with Crippen molar-refractivity contribution < 1.29 is 35.2 Å². The molecule has 12 heteroatoms. The highest BCUT2D eigenvalue weighted by atomic mass is 32.2. The highest BCUT2D eigenvalue weighted by Gasteiger charge is 2.30. The molecule has 0 spiro atoms. The minimum Gasteiger partial charge on any atom is -0.438 e. The fourth-order valence-electron chi connectivity index (χ4n) is 5.21. The topological polar surface area (TPSA) is 117 Å². The van der Waals surface area contributed by atoms with E-state index >= 15 is 0 Å². The lowest BCUT2D eigenvalue weighted by Crippen LogP contribution is -2.38. The highest BCUT2D eigenvalue weighted by Crippen LogP contribution is 2.42. The molecule has 1 aliphatic rings. The zero-order chi connectivity index (χ0) is 30.7. The number of thiazole rings is 1. The Hall–Kier alpha value is -3.91. The molecular formula is C32H29N2O7S3+. The summed E-state index contributed by atoms with van der Waals surface area (Å²) in [5.41, 5.74) is 5.81. The third-order valence-corrected chi connectivity index (χ3v) is 9.49. The Balaban J connectivity index is 1.42. The third-order valence-electron chi connectivity index (χ3n) is 7.20. The summed E-state index contributed by atoms with van der Waals surface area (Å²) in [6, 6.07) is 32.0. The lowest BCUT2D eigenvalue weighted by molar-refractivity contribution is -0.669. The number of anilines is 1. The fourth-order valence-corrected chi connectivity index (χ4v) is 7.01. The Bertz CT molecular complexity index is 1960. The van der Waals surface area contributed by atoms with Gasteiger partial charge in [-0.05, 0) is 46.9 Å². The molecule has 5 aromatic rings. The van der Waals surface area contributed by atoms with Crippen LogP contribution in [0.2, 0.25) is 0 Å². The molecule has 6 rings (SSSR count). The van der Waals surface area contributed by atoms with Crippen molar-refractivity contribution in [1.82, 2.24) is 0 Å². The second-order valence-corrected chi connectivity index (χ2v) is 13.4. The number of ether oxygens (including phenoxy) is 1. The van der Waals surface area contributed by atoms with Crippen molar-refractivity contribution in [3.8, 4) is 28.0 Å². The van der Waals surface area contributed by atoms with E-state index in [9.17, 15) is 21.7 Å². The summed E-state index contributed by atoms with van der Waals surface area (Å²) in [5, 5.41) is 0.809. The smallest absolute Gasteiger partial charge is 0.302 e. The van der Waals surface area contributed by atoms with Gasteiger partial charge in [-0.15, -0.1) is 0 Å². The lowest BCUT2D eigenvalue weighted by atomic mass is 10.0. The molecule has 9 nitrogen and oxygen atoms in total. The van der Waals surface area contributed by atoms with E-state index in [-0.39, 0.29) is 25.3 Å². The maximum absolute atomic E-state index is 11.5. The molecule has 1 unspecified atom stereocenters. The van der Waals surface area contributed by atoms with Crippen LogP contribution in [-0.4, -0.2) is 40.6 Å². The van der Waals surface area contributed by atoms with Crippen molar-refractivity contribution in [2.45, 2.75) is 13.0 Å². The zero-order valence-electron chi connectivity index (χ0n) is 23.4. The Morgan fingerprint density at radius 1 is 0.909 bits per heavy atom. The molecule has 0 amide bonds. The van der Waals surface area contributed by atoms with Gasteiger partial charge in [-0.2, -0.15) is 17.2 Å². The second-order valence-electron chi connectivity index (χ2n) is 10.1. The molecule has 0 aliphatic carbocycles. The van der Waals surface area contributed by atoms with Crippen LogP contribution in [0.3, 0.4) is 0 Å². The Morgan fingerprint density at radius 2 is 1.57 bits per heavy atom. The third kappa shape index (κ3) is 6.91. The number of rotatable bonds is 11. The molecule has 4 aromatic carbocycles. The van der Waals surface area contributed by atoms with E-state index in [4.69, 9.17) is 8.92 Å². The molecule has 1 aliphatic heterocycles. The minimum absolute atomic E-state index is 0.00490. The number of hydrogen-bond donors (Lipinski definition) is 2. The molecule has 0 saturated heterocycles. The quantitative estimate of drug-likeness (QED) is 0.0994. The first-order chi connectivity index (χ1) is 21.2. The molecule has 226 valence electrons. The molecule has 0 bridgehead atoms. The van der Waals surface area contributed by atoms with Crippen LogP contribution in [0.5, 0.6) is 5.75 Å². The SMILES string of the molecule is O=S(O)OCC[n+]1c(C=C2Oc3ccc(-c4ccccc4)cc3N2CCCS(=O)(=O)O)sc2ccc(-c3ccccc3)cc21. The van der Waals surface area contributed by atoms with E-state index in [1.165, 1.54) is 11.3 Å². The van der Waals surface area contributed by atoms with Crippen LogP contribution >= 0.6 is 11.3 Å². The monoisotopic (exact) mass is 649 g/mol. The molecule has 0 radical (unpaired) electrons. The summed E-state index contributed by atoms with van der Waals surface area (Å²) in [6.45, 7) is 0.592. The highest BCUT2D eigenvalue weighted by molar-refractivity contribution is 7.85. The van der Waals surface area contributed by atoms with Gasteiger partial charge in [0.1, 0.15) is 11.3 Å². The van der Waals surface area contributed by atoms with E-state index in [1.54, 1.807) is 0 Å². The Morgan fingerprint density at radius 3 is 2.23 bits per heavy atom. The first-order valence-corrected chi connectivity index (χ1v) is 17.3. The van der Waals surface area contributed by atoms with Crippen molar-refractivity contribution in [3.63, 3.8) is 0 Å². The fraction of sp³-hybridized carbons (Fsp3) is 0.156. The van der Waals surface area contributed by atoms with Crippen molar-refractivity contribution in [3.05, 3.63) is 108 Å². The summed E-state index contributed by atoms with van der Waals surface area (Å²) in [4.78, 5) is 1.91. The number of nitrogens with zero attached hydrogens (tertiary/aromatic N) is 2. The first-order valence-electron chi connectivity index (χ1n) is 13.8. The van der Waals surface area contributed by atoms with Gasteiger partial charge in [0.05, 0.1) is 17.5 Å². The van der Waals surface area contributed by atoms with Crippen LogP contribution < -0.4 is 14.2 Å². The average Bonchev–Trinajstić information content (AvgIpc) is 3.53. The van der Waals surface area contributed by atoms with Gasteiger partial charge in [0.2, 0.25) is 11.4 Å². The van der Waals surface area contributed by atoms with Gasteiger partial charge < -0.3 is 9.64 Å². The largest absolute Gasteiger partial charge is 0.438 e.